The predicted octanol–water partition coefficient (Wildman–Crippen LogP) is 8.64. The van der Waals surface area contributed by atoms with Gasteiger partial charge in [0.15, 0.2) is 6.29 Å². The first-order valence-corrected chi connectivity index (χ1v) is 18.4. The van der Waals surface area contributed by atoms with Gasteiger partial charge in [-0.1, -0.05) is 121 Å². The number of benzene rings is 4. The van der Waals surface area contributed by atoms with Gasteiger partial charge in [-0.25, -0.2) is 4.39 Å². The van der Waals surface area contributed by atoms with E-state index >= 15 is 4.39 Å². The van der Waals surface area contributed by atoms with Gasteiger partial charge in [0, 0.05) is 6.42 Å². The Labute approximate surface area is 288 Å². The van der Waals surface area contributed by atoms with Crippen molar-refractivity contribution in [2.75, 3.05) is 13.2 Å². The van der Waals surface area contributed by atoms with Crippen molar-refractivity contribution in [3.05, 3.63) is 144 Å². The lowest BCUT2D eigenvalue weighted by molar-refractivity contribution is -0.327. The first kappa shape index (κ1) is 37.0. The molecule has 0 N–H and O–H groups in total. The van der Waals surface area contributed by atoms with Crippen LogP contribution in [0.4, 0.5) is 4.39 Å². The van der Waals surface area contributed by atoms with Crippen LogP contribution < -0.4 is 0 Å². The number of alkyl halides is 1. The van der Waals surface area contributed by atoms with Gasteiger partial charge in [0.1, 0.15) is 18.3 Å². The molecule has 4 aromatic carbocycles. The van der Waals surface area contributed by atoms with Crippen molar-refractivity contribution in [3.63, 3.8) is 0 Å². The Balaban J connectivity index is 1.51. The molecule has 6 atom stereocenters. The third-order valence-electron chi connectivity index (χ3n) is 8.09. The maximum atomic E-state index is 16.2. The summed E-state index contributed by atoms with van der Waals surface area (Å²) in [7, 11) is -4.13. The van der Waals surface area contributed by atoms with Crippen LogP contribution in [-0.2, 0) is 63.7 Å². The van der Waals surface area contributed by atoms with E-state index in [1.54, 1.807) is 13.8 Å². The predicted molar refractivity (Wildman–Crippen MR) is 185 cm³/mol. The summed E-state index contributed by atoms with van der Waals surface area (Å²) in [4.78, 5) is 0. The molecule has 262 valence electrons. The fourth-order valence-electron chi connectivity index (χ4n) is 5.70. The van der Waals surface area contributed by atoms with Gasteiger partial charge in [-0.2, -0.15) is 0 Å². The van der Waals surface area contributed by atoms with Crippen LogP contribution in [0.2, 0.25) is 0 Å². The van der Waals surface area contributed by atoms with Crippen LogP contribution in [0, 0.1) is 0 Å². The first-order chi connectivity index (χ1) is 24.0. The molecule has 0 saturated carbocycles. The number of halogens is 1. The lowest BCUT2D eigenvalue weighted by atomic mass is 9.95. The first-order valence-electron chi connectivity index (χ1n) is 16.8. The highest BCUT2D eigenvalue weighted by atomic mass is 31.2. The molecule has 1 unspecified atom stereocenters. The van der Waals surface area contributed by atoms with Crippen molar-refractivity contribution in [1.82, 2.24) is 0 Å². The molecule has 8 nitrogen and oxygen atoms in total. The highest BCUT2D eigenvalue weighted by Crippen LogP contribution is 2.56. The standard InChI is InChI=1S/C39H46FO8P/c1-3-46-49(41,47-4-2)35(40)25-34-36(42-26-30-17-9-5-10-18-30)37(43-27-31-19-11-6-12-20-31)38(44-28-32-21-13-7-14-22-32)39(48-34)45-29-33-23-15-8-16-24-33/h5-24,34-39H,3-4,25-29H2,1-2H3/t34-,35?,36-,37+,38-,39-/m1/s1. The van der Waals surface area contributed by atoms with Gasteiger partial charge < -0.3 is 32.7 Å². The van der Waals surface area contributed by atoms with Gasteiger partial charge in [-0.15, -0.1) is 0 Å². The zero-order chi connectivity index (χ0) is 34.3. The smallest absolute Gasteiger partial charge is 0.364 e. The molecule has 4 aromatic rings. The summed E-state index contributed by atoms with van der Waals surface area (Å²) in [5.74, 6) is -1.99. The second kappa shape index (κ2) is 19.2. The minimum atomic E-state index is -4.13. The summed E-state index contributed by atoms with van der Waals surface area (Å²) >= 11 is 0. The molecule has 0 radical (unpaired) electrons. The zero-order valence-electron chi connectivity index (χ0n) is 28.1. The average Bonchev–Trinajstić information content (AvgIpc) is 3.14. The molecule has 5 rings (SSSR count). The lowest BCUT2D eigenvalue weighted by Crippen LogP contribution is -2.61. The van der Waals surface area contributed by atoms with Crippen LogP contribution >= 0.6 is 7.60 Å². The van der Waals surface area contributed by atoms with Crippen molar-refractivity contribution in [3.8, 4) is 0 Å². The van der Waals surface area contributed by atoms with Crippen LogP contribution in [-0.4, -0.2) is 49.8 Å². The summed E-state index contributed by atoms with van der Waals surface area (Å²) in [6, 6.07) is 38.9. The molecule has 49 heavy (non-hydrogen) atoms. The molecule has 0 amide bonds. The Morgan fingerprint density at radius 1 is 0.571 bits per heavy atom. The highest BCUT2D eigenvalue weighted by Gasteiger charge is 2.51. The Hall–Kier alpha value is -3.24. The van der Waals surface area contributed by atoms with E-state index in [1.807, 2.05) is 121 Å². The Bertz CT molecular complexity index is 1520. The highest BCUT2D eigenvalue weighted by molar-refractivity contribution is 7.54. The van der Waals surface area contributed by atoms with E-state index in [0.717, 1.165) is 22.3 Å². The molecule has 0 aromatic heterocycles. The van der Waals surface area contributed by atoms with Crippen LogP contribution in [0.5, 0.6) is 0 Å². The monoisotopic (exact) mass is 692 g/mol. The van der Waals surface area contributed by atoms with Crippen molar-refractivity contribution >= 4 is 7.60 Å². The third-order valence-corrected chi connectivity index (χ3v) is 10.2. The average molecular weight is 693 g/mol. The lowest BCUT2D eigenvalue weighted by Gasteiger charge is -2.46. The van der Waals surface area contributed by atoms with Gasteiger partial charge in [0.05, 0.1) is 45.7 Å². The largest absolute Gasteiger partial charge is 0.368 e. The number of hydrogen-bond donors (Lipinski definition) is 0. The molecule has 0 spiro atoms. The molecular weight excluding hydrogens is 646 g/mol. The third kappa shape index (κ3) is 10.9. The van der Waals surface area contributed by atoms with Crippen LogP contribution in [0.15, 0.2) is 121 Å². The second-order valence-electron chi connectivity index (χ2n) is 11.7. The Morgan fingerprint density at radius 3 is 1.35 bits per heavy atom. The van der Waals surface area contributed by atoms with Gasteiger partial charge in [-0.05, 0) is 36.1 Å². The van der Waals surface area contributed by atoms with Crippen LogP contribution in [0.3, 0.4) is 0 Å². The number of ether oxygens (including phenoxy) is 5. The molecule has 1 aliphatic rings. The maximum absolute atomic E-state index is 16.2. The Morgan fingerprint density at radius 2 is 0.939 bits per heavy atom. The van der Waals surface area contributed by atoms with Crippen LogP contribution in [0.1, 0.15) is 42.5 Å². The minimum Gasteiger partial charge on any atom is -0.368 e. The normalized spacial score (nSPS) is 21.7. The number of rotatable bonds is 19. The van der Waals surface area contributed by atoms with Crippen molar-refractivity contribution in [1.29, 1.82) is 0 Å². The molecular formula is C39H46FO8P. The fraction of sp³-hybridized carbons (Fsp3) is 0.385. The van der Waals surface area contributed by atoms with Gasteiger partial charge in [-0.3, -0.25) is 4.57 Å². The van der Waals surface area contributed by atoms with E-state index in [4.69, 9.17) is 32.7 Å². The second-order valence-corrected chi connectivity index (χ2v) is 13.8. The van der Waals surface area contributed by atoms with E-state index in [-0.39, 0.29) is 46.1 Å². The summed E-state index contributed by atoms with van der Waals surface area (Å²) in [5.41, 5.74) is 3.73. The molecule has 1 aliphatic heterocycles. The molecule has 10 heteroatoms. The van der Waals surface area contributed by atoms with E-state index in [9.17, 15) is 4.57 Å². The molecule has 1 saturated heterocycles. The molecule has 0 aliphatic carbocycles. The fourth-order valence-corrected chi connectivity index (χ4v) is 7.29. The van der Waals surface area contributed by atoms with Crippen LogP contribution in [0.25, 0.3) is 0 Å². The molecule has 1 heterocycles. The topological polar surface area (TPSA) is 81.7 Å². The maximum Gasteiger partial charge on any atom is 0.364 e. The van der Waals surface area contributed by atoms with Crippen molar-refractivity contribution in [2.45, 2.75) is 83.3 Å². The minimum absolute atomic E-state index is 0.0260. The van der Waals surface area contributed by atoms with Gasteiger partial charge in [0.2, 0.25) is 5.91 Å². The number of hydrogen-bond acceptors (Lipinski definition) is 8. The van der Waals surface area contributed by atoms with Gasteiger partial charge in [0.25, 0.3) is 0 Å². The SMILES string of the molecule is CCOP(=O)(OCC)C(F)C[C@H]1O[C@@H](OCc2ccccc2)[C@H](OCc2ccccc2)[C@@H](OCc2ccccc2)[C@@H]1OCc1ccccc1. The molecule has 1 fully saturated rings. The van der Waals surface area contributed by atoms with Crippen molar-refractivity contribution < 1.29 is 41.7 Å². The van der Waals surface area contributed by atoms with E-state index in [1.165, 1.54) is 0 Å². The summed E-state index contributed by atoms with van der Waals surface area (Å²) in [5, 5.41) is 0. The Kier molecular flexibility index (Phi) is 14.5. The summed E-state index contributed by atoms with van der Waals surface area (Å²) in [6.07, 6.45) is -4.72. The zero-order valence-corrected chi connectivity index (χ0v) is 28.9. The van der Waals surface area contributed by atoms with Crippen molar-refractivity contribution in [2.24, 2.45) is 0 Å². The summed E-state index contributed by atoms with van der Waals surface area (Å²) < 4.78 is 73.4. The van der Waals surface area contributed by atoms with E-state index in [0.29, 0.717) is 0 Å². The van der Waals surface area contributed by atoms with E-state index < -0.39 is 44.2 Å². The quantitative estimate of drug-likeness (QED) is 0.0904. The molecule has 0 bridgehead atoms. The summed E-state index contributed by atoms with van der Waals surface area (Å²) in [6.45, 7) is 4.24. The van der Waals surface area contributed by atoms with Gasteiger partial charge >= 0.3 is 7.60 Å². The van der Waals surface area contributed by atoms with E-state index in [2.05, 4.69) is 0 Å².